The molecule has 1 amide bonds. The van der Waals surface area contributed by atoms with Crippen molar-refractivity contribution in [1.82, 2.24) is 0 Å². The molecule has 3 N–H and O–H groups in total. The van der Waals surface area contributed by atoms with E-state index in [0.717, 1.165) is 16.9 Å². The van der Waals surface area contributed by atoms with Crippen LogP contribution in [0.25, 0.3) is 6.08 Å². The average molecular weight is 408 g/mol. The fourth-order valence-electron chi connectivity index (χ4n) is 2.50. The molecule has 0 aliphatic carbocycles. The molecule has 0 atom stereocenters. The van der Waals surface area contributed by atoms with Crippen LogP contribution in [0.5, 0.6) is 5.75 Å². The predicted octanol–water partition coefficient (Wildman–Crippen LogP) is 3.56. The summed E-state index contributed by atoms with van der Waals surface area (Å²) in [5.74, 6) is 0.406. The molecule has 0 aromatic heterocycles. The number of ether oxygens (including phenoxy) is 1. The summed E-state index contributed by atoms with van der Waals surface area (Å²) in [6.07, 6.45) is 3.07. The van der Waals surface area contributed by atoms with Gasteiger partial charge < -0.3 is 10.1 Å². The Labute approximate surface area is 169 Å². The number of hydrogen-bond acceptors (Lipinski definition) is 4. The van der Waals surface area contributed by atoms with E-state index in [1.165, 1.54) is 30.3 Å². The molecule has 148 valence electrons. The lowest BCUT2D eigenvalue weighted by atomic mass is 10.2. The highest BCUT2D eigenvalue weighted by molar-refractivity contribution is 7.89. The standard InChI is InChI=1S/C22H20N2O4S/c23-29(26,27)21-13-9-19(10-14-21)24-22(25)15-8-17-6-11-20(12-7-17)28-16-18-4-2-1-3-5-18/h1-15H,16H2,(H,24,25)(H2,23,26,27). The van der Waals surface area contributed by atoms with Gasteiger partial charge in [-0.25, -0.2) is 13.6 Å². The molecule has 3 aromatic carbocycles. The van der Waals surface area contributed by atoms with Crippen LogP contribution in [0.1, 0.15) is 11.1 Å². The van der Waals surface area contributed by atoms with Gasteiger partial charge in [-0.3, -0.25) is 4.79 Å². The minimum atomic E-state index is -3.75. The minimum absolute atomic E-state index is 0.0133. The summed E-state index contributed by atoms with van der Waals surface area (Å²) in [4.78, 5) is 12.0. The van der Waals surface area contributed by atoms with E-state index in [2.05, 4.69) is 5.32 Å². The molecule has 0 aliphatic rings. The van der Waals surface area contributed by atoms with E-state index in [1.54, 1.807) is 6.08 Å². The Morgan fingerprint density at radius 1 is 0.931 bits per heavy atom. The Morgan fingerprint density at radius 3 is 2.21 bits per heavy atom. The van der Waals surface area contributed by atoms with Crippen molar-refractivity contribution in [1.29, 1.82) is 0 Å². The molecule has 3 aromatic rings. The largest absolute Gasteiger partial charge is 0.489 e. The van der Waals surface area contributed by atoms with Gasteiger partial charge in [-0.15, -0.1) is 0 Å². The Kier molecular flexibility index (Phi) is 6.43. The van der Waals surface area contributed by atoms with Crippen LogP contribution in [0, 0.1) is 0 Å². The van der Waals surface area contributed by atoms with Crippen molar-refractivity contribution in [2.24, 2.45) is 5.14 Å². The van der Waals surface area contributed by atoms with Crippen molar-refractivity contribution in [3.05, 3.63) is 96.1 Å². The molecule has 0 fully saturated rings. The van der Waals surface area contributed by atoms with Crippen LogP contribution >= 0.6 is 0 Å². The van der Waals surface area contributed by atoms with Crippen LogP contribution in [-0.2, 0) is 21.4 Å². The van der Waals surface area contributed by atoms with Crippen molar-refractivity contribution in [2.75, 3.05) is 5.32 Å². The number of benzene rings is 3. The van der Waals surface area contributed by atoms with Gasteiger partial charge >= 0.3 is 0 Å². The first kappa shape index (κ1) is 20.3. The molecule has 0 aliphatic heterocycles. The Hall–Kier alpha value is -3.42. The third-order valence-electron chi connectivity index (χ3n) is 4.01. The summed E-state index contributed by atoms with van der Waals surface area (Å²) in [7, 11) is -3.75. The van der Waals surface area contributed by atoms with E-state index in [0.29, 0.717) is 12.3 Å². The lowest BCUT2D eigenvalue weighted by Gasteiger charge is -2.06. The van der Waals surface area contributed by atoms with Gasteiger partial charge in [0.1, 0.15) is 12.4 Å². The highest BCUT2D eigenvalue weighted by atomic mass is 32.2. The van der Waals surface area contributed by atoms with Crippen molar-refractivity contribution in [3.8, 4) is 5.75 Å². The summed E-state index contributed by atoms with van der Waals surface area (Å²) in [6.45, 7) is 0.489. The van der Waals surface area contributed by atoms with Crippen molar-refractivity contribution < 1.29 is 17.9 Å². The monoisotopic (exact) mass is 408 g/mol. The van der Waals surface area contributed by atoms with Crippen LogP contribution in [0.4, 0.5) is 5.69 Å². The highest BCUT2D eigenvalue weighted by Crippen LogP contribution is 2.16. The summed E-state index contributed by atoms with van der Waals surface area (Å²) in [5, 5.41) is 7.70. The molecule has 0 saturated heterocycles. The Bertz CT molecular complexity index is 1090. The highest BCUT2D eigenvalue weighted by Gasteiger charge is 2.07. The number of amides is 1. The number of nitrogens with one attached hydrogen (secondary N) is 1. The molecule has 29 heavy (non-hydrogen) atoms. The van der Waals surface area contributed by atoms with Crippen molar-refractivity contribution in [3.63, 3.8) is 0 Å². The summed E-state index contributed by atoms with van der Waals surface area (Å²) in [5.41, 5.74) is 2.40. The lowest BCUT2D eigenvalue weighted by Crippen LogP contribution is -2.12. The third-order valence-corrected chi connectivity index (χ3v) is 4.94. The zero-order chi connectivity index (χ0) is 20.7. The molecular weight excluding hydrogens is 388 g/mol. The molecule has 0 heterocycles. The molecule has 0 spiro atoms. The van der Waals surface area contributed by atoms with Gasteiger partial charge in [0.2, 0.25) is 15.9 Å². The van der Waals surface area contributed by atoms with E-state index < -0.39 is 10.0 Å². The van der Waals surface area contributed by atoms with E-state index in [-0.39, 0.29) is 10.8 Å². The van der Waals surface area contributed by atoms with Gasteiger partial charge in [0, 0.05) is 11.8 Å². The van der Waals surface area contributed by atoms with Crippen molar-refractivity contribution in [2.45, 2.75) is 11.5 Å². The molecule has 7 heteroatoms. The number of rotatable bonds is 7. The molecule has 0 saturated carbocycles. The maximum absolute atomic E-state index is 12.0. The van der Waals surface area contributed by atoms with E-state index in [1.807, 2.05) is 54.6 Å². The van der Waals surface area contributed by atoms with Crippen molar-refractivity contribution >= 4 is 27.7 Å². The predicted molar refractivity (Wildman–Crippen MR) is 113 cm³/mol. The topological polar surface area (TPSA) is 98.5 Å². The van der Waals surface area contributed by atoms with E-state index in [4.69, 9.17) is 9.88 Å². The molecule has 6 nitrogen and oxygen atoms in total. The number of sulfonamides is 1. The van der Waals surface area contributed by atoms with E-state index >= 15 is 0 Å². The van der Waals surface area contributed by atoms with E-state index in [9.17, 15) is 13.2 Å². The molecule has 0 unspecified atom stereocenters. The number of anilines is 1. The number of primary sulfonamides is 1. The summed E-state index contributed by atoms with van der Waals surface area (Å²) in [6, 6.07) is 22.9. The summed E-state index contributed by atoms with van der Waals surface area (Å²) < 4.78 is 28.2. The van der Waals surface area contributed by atoms with Gasteiger partial charge in [-0.2, -0.15) is 0 Å². The maximum atomic E-state index is 12.0. The van der Waals surface area contributed by atoms with Gasteiger partial charge in [0.15, 0.2) is 0 Å². The van der Waals surface area contributed by atoms with Crippen LogP contribution < -0.4 is 15.2 Å². The quantitative estimate of drug-likeness (QED) is 0.584. The van der Waals surface area contributed by atoms with Gasteiger partial charge in [-0.1, -0.05) is 42.5 Å². The zero-order valence-electron chi connectivity index (χ0n) is 15.5. The summed E-state index contributed by atoms with van der Waals surface area (Å²) >= 11 is 0. The molecule has 0 radical (unpaired) electrons. The molecular formula is C22H20N2O4S. The van der Waals surface area contributed by atoms with Crippen LogP contribution in [0.3, 0.4) is 0 Å². The third kappa shape index (κ3) is 6.31. The fourth-order valence-corrected chi connectivity index (χ4v) is 3.02. The molecule has 0 bridgehead atoms. The van der Waals surface area contributed by atoms with Crippen LogP contribution in [0.15, 0.2) is 89.8 Å². The first-order chi connectivity index (χ1) is 13.9. The Morgan fingerprint density at radius 2 is 1.59 bits per heavy atom. The second kappa shape index (κ2) is 9.18. The Balaban J connectivity index is 1.53. The maximum Gasteiger partial charge on any atom is 0.248 e. The number of hydrogen-bond donors (Lipinski definition) is 2. The number of carbonyl (C=O) groups excluding carboxylic acids is 1. The second-order valence-electron chi connectivity index (χ2n) is 6.24. The van der Waals surface area contributed by atoms with Crippen LogP contribution in [-0.4, -0.2) is 14.3 Å². The lowest BCUT2D eigenvalue weighted by molar-refractivity contribution is -0.111. The second-order valence-corrected chi connectivity index (χ2v) is 7.80. The first-order valence-corrected chi connectivity index (χ1v) is 10.3. The zero-order valence-corrected chi connectivity index (χ0v) is 16.3. The minimum Gasteiger partial charge on any atom is -0.489 e. The number of carbonyl (C=O) groups is 1. The first-order valence-electron chi connectivity index (χ1n) is 8.79. The van der Waals surface area contributed by atoms with Gasteiger partial charge in [0.25, 0.3) is 0 Å². The fraction of sp³-hybridized carbons (Fsp3) is 0.0455. The van der Waals surface area contributed by atoms with Crippen LogP contribution in [0.2, 0.25) is 0 Å². The van der Waals surface area contributed by atoms with Gasteiger partial charge in [0.05, 0.1) is 4.90 Å². The normalized spacial score (nSPS) is 11.3. The average Bonchev–Trinajstić information content (AvgIpc) is 2.72. The molecule has 3 rings (SSSR count). The number of nitrogens with two attached hydrogens (primary N) is 1. The van der Waals surface area contributed by atoms with Gasteiger partial charge in [-0.05, 0) is 53.6 Å². The SMILES string of the molecule is NS(=O)(=O)c1ccc(NC(=O)C=Cc2ccc(OCc3ccccc3)cc2)cc1. The smallest absolute Gasteiger partial charge is 0.248 e.